The Morgan fingerprint density at radius 3 is 1.95 bits per heavy atom. The lowest BCUT2D eigenvalue weighted by molar-refractivity contribution is -0.00753. The Kier molecular flexibility index (Phi) is 5.42. The largest absolute Gasteiger partial charge is 0.434 e. The van der Waals surface area contributed by atoms with Gasteiger partial charge in [-0.3, -0.25) is 9.68 Å². The van der Waals surface area contributed by atoms with Crippen molar-refractivity contribution in [3.8, 4) is 0 Å². The molecule has 0 aliphatic rings. The number of carbonyl (C=O) groups is 2. The van der Waals surface area contributed by atoms with Crippen LogP contribution in [-0.4, -0.2) is 26.3 Å². The van der Waals surface area contributed by atoms with Gasteiger partial charge >= 0.3 is 12.2 Å². The first-order chi connectivity index (χ1) is 9.10. The third kappa shape index (κ3) is 4.36. The quantitative estimate of drug-likeness (QED) is 0.686. The lowest BCUT2D eigenvalue weighted by Crippen LogP contribution is -2.36. The smallest absolute Gasteiger partial charge is 0.326 e. The minimum Gasteiger partial charge on any atom is -0.326 e. The van der Waals surface area contributed by atoms with Crippen molar-refractivity contribution in [1.82, 2.24) is 10.6 Å². The Labute approximate surface area is 110 Å². The fourth-order valence-corrected chi connectivity index (χ4v) is 1.12. The highest BCUT2D eigenvalue weighted by Crippen LogP contribution is 2.16. The molecule has 0 bridgehead atoms. The van der Waals surface area contributed by atoms with E-state index in [0.29, 0.717) is 17.5 Å². The van der Waals surface area contributed by atoms with Crippen LogP contribution in [0.25, 0.3) is 0 Å². The molecular weight excluding hydrogens is 252 g/mol. The van der Waals surface area contributed by atoms with Gasteiger partial charge in [-0.1, -0.05) is 12.1 Å². The van der Waals surface area contributed by atoms with Crippen molar-refractivity contribution in [2.75, 3.05) is 19.3 Å². The fourth-order valence-electron chi connectivity index (χ4n) is 1.12. The van der Waals surface area contributed by atoms with E-state index in [1.807, 2.05) is 0 Å². The lowest BCUT2D eigenvalue weighted by Gasteiger charge is -2.20. The average molecular weight is 268 g/mol. The highest BCUT2D eigenvalue weighted by Gasteiger charge is 2.16. The molecule has 4 N–H and O–H groups in total. The van der Waals surface area contributed by atoms with Crippen LogP contribution >= 0.6 is 0 Å². The molecule has 1 aromatic rings. The molecule has 0 spiro atoms. The molecule has 0 aromatic heterocycles. The molecule has 0 heterocycles. The van der Waals surface area contributed by atoms with Gasteiger partial charge < -0.3 is 16.4 Å². The molecule has 0 aliphatic carbocycles. The van der Waals surface area contributed by atoms with Crippen molar-refractivity contribution < 1.29 is 19.3 Å². The molecule has 104 valence electrons. The third-order valence-corrected chi connectivity index (χ3v) is 2.12. The van der Waals surface area contributed by atoms with Gasteiger partial charge in [-0.05, 0) is 22.9 Å². The second-order valence-electron chi connectivity index (χ2n) is 3.39. The van der Waals surface area contributed by atoms with Gasteiger partial charge in [-0.2, -0.15) is 0 Å². The summed E-state index contributed by atoms with van der Waals surface area (Å²) >= 11 is 0. The molecule has 19 heavy (non-hydrogen) atoms. The van der Waals surface area contributed by atoms with Gasteiger partial charge in [0.1, 0.15) is 5.69 Å². The first-order valence-corrected chi connectivity index (χ1v) is 5.49. The Morgan fingerprint density at radius 2 is 1.58 bits per heavy atom. The van der Waals surface area contributed by atoms with Crippen LogP contribution in [-0.2, 0) is 16.2 Å². The van der Waals surface area contributed by atoms with Crippen LogP contribution in [0.3, 0.4) is 0 Å². The zero-order valence-electron chi connectivity index (χ0n) is 10.7. The molecule has 8 heteroatoms. The molecular formula is C11H16N4O4. The molecule has 1 rings (SSSR count). The Bertz CT molecular complexity index is 417. The summed E-state index contributed by atoms with van der Waals surface area (Å²) in [6.07, 6.45) is -1.54. The first-order valence-electron chi connectivity index (χ1n) is 5.49. The van der Waals surface area contributed by atoms with Gasteiger partial charge in [0.25, 0.3) is 0 Å². The Morgan fingerprint density at radius 1 is 1.11 bits per heavy atom. The Balaban J connectivity index is 2.86. The molecule has 0 saturated heterocycles. The van der Waals surface area contributed by atoms with E-state index in [4.69, 9.17) is 15.4 Å². The van der Waals surface area contributed by atoms with Crippen LogP contribution in [0.2, 0.25) is 0 Å². The van der Waals surface area contributed by atoms with Crippen molar-refractivity contribution >= 4 is 17.9 Å². The minimum absolute atomic E-state index is 0.365. The van der Waals surface area contributed by atoms with Crippen LogP contribution in [0.4, 0.5) is 15.3 Å². The van der Waals surface area contributed by atoms with Crippen LogP contribution in [0.1, 0.15) is 5.56 Å². The van der Waals surface area contributed by atoms with Gasteiger partial charge in [-0.15, -0.1) is 0 Å². The number of nitrogens with two attached hydrogens (primary N) is 1. The number of hydrogen-bond donors (Lipinski definition) is 3. The summed E-state index contributed by atoms with van der Waals surface area (Å²) in [4.78, 5) is 32.0. The van der Waals surface area contributed by atoms with Gasteiger partial charge in [-0.25, -0.2) is 9.59 Å². The lowest BCUT2D eigenvalue weighted by atomic mass is 10.2. The summed E-state index contributed by atoms with van der Waals surface area (Å²) < 4.78 is 0. The molecule has 0 aliphatic heterocycles. The van der Waals surface area contributed by atoms with E-state index in [0.717, 1.165) is 5.56 Å². The van der Waals surface area contributed by atoms with Crippen molar-refractivity contribution in [2.24, 2.45) is 5.73 Å². The predicted molar refractivity (Wildman–Crippen MR) is 67.9 cm³/mol. The third-order valence-electron chi connectivity index (χ3n) is 2.12. The maximum Gasteiger partial charge on any atom is 0.434 e. The van der Waals surface area contributed by atoms with Crippen LogP contribution in [0.5, 0.6) is 0 Å². The predicted octanol–water partition coefficient (Wildman–Crippen LogP) is 0.494. The standard InChI is InChI=1S/C11H16N4O4/c1-13-10(16)18-15(19-11(17)14-2)9-5-3-8(7-12)4-6-9/h3-6H,7,12H2,1-2H3,(H,13,16)(H,14,17). The summed E-state index contributed by atoms with van der Waals surface area (Å²) in [6.45, 7) is 0.382. The molecule has 1 aromatic carbocycles. The highest BCUT2D eigenvalue weighted by atomic mass is 17.0. The minimum atomic E-state index is -0.771. The summed E-state index contributed by atoms with van der Waals surface area (Å²) in [5, 5.41) is 5.20. The second-order valence-corrected chi connectivity index (χ2v) is 3.39. The monoisotopic (exact) mass is 268 g/mol. The molecule has 0 atom stereocenters. The maximum absolute atomic E-state index is 11.2. The van der Waals surface area contributed by atoms with Gasteiger partial charge in [0.2, 0.25) is 0 Å². The number of rotatable bonds is 4. The number of anilines is 1. The second kappa shape index (κ2) is 7.07. The number of benzene rings is 1. The number of nitrogens with one attached hydrogen (secondary N) is 2. The van der Waals surface area contributed by atoms with Crippen LogP contribution in [0.15, 0.2) is 24.3 Å². The summed E-state index contributed by atoms with van der Waals surface area (Å²) in [5.74, 6) is 0. The van der Waals surface area contributed by atoms with Crippen molar-refractivity contribution in [3.63, 3.8) is 0 Å². The van der Waals surface area contributed by atoms with E-state index >= 15 is 0 Å². The van der Waals surface area contributed by atoms with E-state index in [1.165, 1.54) is 14.1 Å². The molecule has 0 unspecified atom stereocenters. The summed E-state index contributed by atoms with van der Waals surface area (Å²) in [7, 11) is 2.77. The SMILES string of the molecule is CNC(=O)ON(OC(=O)NC)c1ccc(CN)cc1. The van der Waals surface area contributed by atoms with E-state index in [9.17, 15) is 9.59 Å². The number of carbonyl (C=O) groups excluding carboxylic acids is 2. The number of nitrogens with zero attached hydrogens (tertiary/aromatic N) is 1. The molecule has 0 radical (unpaired) electrons. The summed E-state index contributed by atoms with van der Waals surface area (Å²) in [6, 6.07) is 6.66. The first kappa shape index (κ1) is 14.6. The van der Waals surface area contributed by atoms with E-state index in [1.54, 1.807) is 24.3 Å². The van der Waals surface area contributed by atoms with Gasteiger partial charge in [0, 0.05) is 20.6 Å². The maximum atomic E-state index is 11.2. The molecule has 0 fully saturated rings. The fraction of sp³-hybridized carbons (Fsp3) is 0.273. The van der Waals surface area contributed by atoms with Crippen LogP contribution in [0, 0.1) is 0 Å². The van der Waals surface area contributed by atoms with Crippen LogP contribution < -0.4 is 21.6 Å². The van der Waals surface area contributed by atoms with E-state index < -0.39 is 12.2 Å². The Hall–Kier alpha value is -2.48. The van der Waals surface area contributed by atoms with Crippen molar-refractivity contribution in [2.45, 2.75) is 6.54 Å². The van der Waals surface area contributed by atoms with Crippen molar-refractivity contribution in [3.05, 3.63) is 29.8 Å². The van der Waals surface area contributed by atoms with Gasteiger partial charge in [0.15, 0.2) is 0 Å². The van der Waals surface area contributed by atoms with E-state index in [2.05, 4.69) is 10.6 Å². The van der Waals surface area contributed by atoms with Crippen molar-refractivity contribution in [1.29, 1.82) is 0 Å². The van der Waals surface area contributed by atoms with E-state index in [-0.39, 0.29) is 0 Å². The number of hydrogen-bond acceptors (Lipinski definition) is 6. The molecule has 8 nitrogen and oxygen atoms in total. The van der Waals surface area contributed by atoms with Gasteiger partial charge in [0.05, 0.1) is 0 Å². The zero-order valence-corrected chi connectivity index (χ0v) is 10.7. The zero-order chi connectivity index (χ0) is 14.3. The number of amides is 2. The average Bonchev–Trinajstić information content (AvgIpc) is 2.46. The topological polar surface area (TPSA) is 106 Å². The highest BCUT2D eigenvalue weighted by molar-refractivity contribution is 5.71. The normalized spacial score (nSPS) is 9.42. The molecule has 0 saturated carbocycles. The summed E-state index contributed by atoms with van der Waals surface area (Å²) in [5.41, 5.74) is 6.73. The molecule has 2 amide bonds.